The number of carbonyl (C=O) groups is 1. The molecule has 2 aromatic carbocycles. The first kappa shape index (κ1) is 21.0. The van der Waals surface area contributed by atoms with Crippen molar-refractivity contribution < 1.29 is 27.8 Å². The molecule has 0 aromatic heterocycles. The van der Waals surface area contributed by atoms with Crippen LogP contribution in [0.25, 0.3) is 11.1 Å². The third-order valence-corrected chi connectivity index (χ3v) is 8.04. The van der Waals surface area contributed by atoms with Crippen LogP contribution in [0.3, 0.4) is 0 Å². The fraction of sp³-hybridized carbons (Fsp3) is 0.458. The first-order chi connectivity index (χ1) is 15.9. The molecular weight excluding hydrogens is 450 g/mol. The number of ether oxygens (including phenoxy) is 3. The maximum atomic E-state index is 13.3. The molecule has 0 spiro atoms. The molecule has 5 aliphatic rings. The van der Waals surface area contributed by atoms with E-state index in [1.165, 1.54) is 6.07 Å². The number of amides is 1. The Morgan fingerprint density at radius 2 is 1.82 bits per heavy atom. The highest BCUT2D eigenvalue weighted by Gasteiger charge is 2.43. The van der Waals surface area contributed by atoms with Crippen molar-refractivity contribution in [3.05, 3.63) is 42.0 Å². The fourth-order valence-corrected chi connectivity index (χ4v) is 6.37. The average Bonchev–Trinajstić information content (AvgIpc) is 3.12. The molecule has 1 N–H and O–H groups in total. The van der Waals surface area contributed by atoms with Gasteiger partial charge in [-0.15, -0.1) is 20.5 Å². The standard InChI is InChI=1S/C24H24F2N2O4S/c25-24(26)31-19-4-2-15(11-20(19)32-24)16-1-3-17-18(7-10-33-22(17)12-16)27-23(29)30-21-13-28-8-5-14(21)6-9-28/h1-4,11-12,14,18,21H,5-10,13H2,(H,27,29)/t18?,21-/m0/s1. The fourth-order valence-electron chi connectivity index (χ4n) is 5.21. The quantitative estimate of drug-likeness (QED) is 0.673. The summed E-state index contributed by atoms with van der Waals surface area (Å²) in [6, 6.07) is 10.6. The first-order valence-corrected chi connectivity index (χ1v) is 12.3. The number of hydrogen-bond donors (Lipinski definition) is 1. The summed E-state index contributed by atoms with van der Waals surface area (Å²) >= 11 is 1.72. The van der Waals surface area contributed by atoms with E-state index in [9.17, 15) is 13.6 Å². The largest absolute Gasteiger partial charge is 0.586 e. The molecule has 174 valence electrons. The lowest BCUT2D eigenvalue weighted by Crippen LogP contribution is -2.52. The molecule has 2 aromatic rings. The normalized spacial score (nSPS) is 28.8. The summed E-state index contributed by atoms with van der Waals surface area (Å²) in [7, 11) is 0. The monoisotopic (exact) mass is 474 g/mol. The van der Waals surface area contributed by atoms with Gasteiger partial charge in [0.1, 0.15) is 6.10 Å². The lowest BCUT2D eigenvalue weighted by molar-refractivity contribution is -0.286. The van der Waals surface area contributed by atoms with E-state index in [0.717, 1.165) is 66.2 Å². The molecule has 3 fully saturated rings. The van der Waals surface area contributed by atoms with Crippen molar-refractivity contribution in [2.24, 2.45) is 5.92 Å². The molecule has 3 saturated heterocycles. The highest BCUT2D eigenvalue weighted by Crippen LogP contribution is 2.44. The number of alkyl carbamates (subject to hydrolysis) is 1. The maximum absolute atomic E-state index is 13.3. The number of nitrogens with zero attached hydrogens (tertiary/aromatic N) is 1. The van der Waals surface area contributed by atoms with E-state index in [1.807, 2.05) is 18.2 Å². The molecule has 0 aliphatic carbocycles. The Kier molecular flexibility index (Phi) is 5.14. The van der Waals surface area contributed by atoms with Crippen molar-refractivity contribution in [1.29, 1.82) is 0 Å². The summed E-state index contributed by atoms with van der Waals surface area (Å²) in [5.74, 6) is 1.40. The number of rotatable bonds is 3. The Morgan fingerprint density at radius 1 is 1.06 bits per heavy atom. The van der Waals surface area contributed by atoms with Crippen molar-refractivity contribution in [3.8, 4) is 22.6 Å². The molecule has 5 heterocycles. The predicted molar refractivity (Wildman–Crippen MR) is 119 cm³/mol. The van der Waals surface area contributed by atoms with Crippen LogP contribution in [-0.4, -0.2) is 48.8 Å². The molecule has 1 unspecified atom stereocenters. The SMILES string of the molecule is O=C(NC1CCSc2cc(-c3ccc4c(c3)OC(F)(F)O4)ccc21)O[C@H]1CN2CCC1CC2. The molecule has 7 rings (SSSR count). The second kappa shape index (κ2) is 8.06. The van der Waals surface area contributed by atoms with Crippen LogP contribution in [0.15, 0.2) is 41.3 Å². The number of hydrogen-bond acceptors (Lipinski definition) is 6. The molecule has 9 heteroatoms. The number of halogens is 2. The number of alkyl halides is 2. The van der Waals surface area contributed by atoms with Gasteiger partial charge < -0.3 is 19.5 Å². The second-order valence-electron chi connectivity index (χ2n) is 9.00. The van der Waals surface area contributed by atoms with E-state index in [-0.39, 0.29) is 29.7 Å². The lowest BCUT2D eigenvalue weighted by atomic mass is 9.86. The highest BCUT2D eigenvalue weighted by atomic mass is 32.2. The Labute approximate surface area is 194 Å². The van der Waals surface area contributed by atoms with Crippen LogP contribution in [-0.2, 0) is 4.74 Å². The lowest BCUT2D eigenvalue weighted by Gasteiger charge is -2.44. The minimum Gasteiger partial charge on any atom is -0.445 e. The summed E-state index contributed by atoms with van der Waals surface area (Å²) in [4.78, 5) is 16.1. The second-order valence-corrected chi connectivity index (χ2v) is 10.1. The van der Waals surface area contributed by atoms with E-state index in [1.54, 1.807) is 23.9 Å². The Hall–Kier alpha value is -2.52. The zero-order chi connectivity index (χ0) is 22.6. The van der Waals surface area contributed by atoms with Crippen molar-refractivity contribution >= 4 is 17.9 Å². The molecule has 1 amide bonds. The van der Waals surface area contributed by atoms with Crippen LogP contribution in [0.2, 0.25) is 0 Å². The van der Waals surface area contributed by atoms with E-state index < -0.39 is 6.29 Å². The van der Waals surface area contributed by atoms with Crippen LogP contribution in [0.5, 0.6) is 11.5 Å². The highest BCUT2D eigenvalue weighted by molar-refractivity contribution is 7.99. The smallest absolute Gasteiger partial charge is 0.445 e. The summed E-state index contributed by atoms with van der Waals surface area (Å²) in [6.45, 7) is 3.04. The molecule has 5 aliphatic heterocycles. The van der Waals surface area contributed by atoms with Gasteiger partial charge in [0.15, 0.2) is 11.5 Å². The Bertz CT molecular complexity index is 1090. The third-order valence-electron chi connectivity index (χ3n) is 6.93. The van der Waals surface area contributed by atoms with E-state index in [4.69, 9.17) is 4.74 Å². The molecule has 2 bridgehead atoms. The third kappa shape index (κ3) is 4.12. The van der Waals surface area contributed by atoms with Gasteiger partial charge in [-0.05, 0) is 73.2 Å². The van der Waals surface area contributed by atoms with Gasteiger partial charge in [-0.1, -0.05) is 18.2 Å². The maximum Gasteiger partial charge on any atom is 0.586 e. The molecule has 33 heavy (non-hydrogen) atoms. The van der Waals surface area contributed by atoms with Gasteiger partial charge >= 0.3 is 12.4 Å². The van der Waals surface area contributed by atoms with Gasteiger partial charge in [-0.2, -0.15) is 0 Å². The van der Waals surface area contributed by atoms with Crippen LogP contribution in [0.1, 0.15) is 30.9 Å². The number of carbonyl (C=O) groups excluding carboxylic acids is 1. The van der Waals surface area contributed by atoms with Crippen molar-refractivity contribution in [3.63, 3.8) is 0 Å². The number of piperidine rings is 3. The molecule has 0 radical (unpaired) electrons. The van der Waals surface area contributed by atoms with E-state index in [0.29, 0.717) is 5.92 Å². The molecule has 0 saturated carbocycles. The van der Waals surface area contributed by atoms with Crippen LogP contribution in [0, 0.1) is 5.92 Å². The molecule has 6 nitrogen and oxygen atoms in total. The number of nitrogens with one attached hydrogen (secondary N) is 1. The Morgan fingerprint density at radius 3 is 2.61 bits per heavy atom. The summed E-state index contributed by atoms with van der Waals surface area (Å²) in [5.41, 5.74) is 2.70. The van der Waals surface area contributed by atoms with Crippen LogP contribution in [0.4, 0.5) is 13.6 Å². The van der Waals surface area contributed by atoms with Crippen molar-refractivity contribution in [2.45, 2.75) is 42.6 Å². The number of thioether (sulfide) groups is 1. The van der Waals surface area contributed by atoms with Gasteiger partial charge in [-0.25, -0.2) is 4.79 Å². The van der Waals surface area contributed by atoms with E-state index in [2.05, 4.69) is 19.7 Å². The van der Waals surface area contributed by atoms with Crippen molar-refractivity contribution in [1.82, 2.24) is 10.2 Å². The van der Waals surface area contributed by atoms with Crippen LogP contribution >= 0.6 is 11.8 Å². The van der Waals surface area contributed by atoms with Gasteiger partial charge in [0.05, 0.1) is 6.04 Å². The van der Waals surface area contributed by atoms with E-state index >= 15 is 0 Å². The molecular formula is C24H24F2N2O4S. The van der Waals surface area contributed by atoms with Gasteiger partial charge in [0.2, 0.25) is 0 Å². The zero-order valence-corrected chi connectivity index (χ0v) is 18.7. The summed E-state index contributed by atoms with van der Waals surface area (Å²) in [5, 5.41) is 3.07. The topological polar surface area (TPSA) is 60.0 Å². The van der Waals surface area contributed by atoms with Gasteiger partial charge in [-0.3, -0.25) is 4.90 Å². The number of benzene rings is 2. The molecule has 2 atom stereocenters. The minimum absolute atomic E-state index is 0.0225. The Balaban J connectivity index is 1.16. The zero-order valence-electron chi connectivity index (χ0n) is 17.9. The first-order valence-electron chi connectivity index (χ1n) is 11.3. The van der Waals surface area contributed by atoms with Gasteiger partial charge in [0, 0.05) is 17.2 Å². The van der Waals surface area contributed by atoms with Crippen LogP contribution < -0.4 is 14.8 Å². The summed E-state index contributed by atoms with van der Waals surface area (Å²) < 4.78 is 41.6. The van der Waals surface area contributed by atoms with Crippen molar-refractivity contribution in [2.75, 3.05) is 25.4 Å². The number of fused-ring (bicyclic) bond motifs is 5. The minimum atomic E-state index is -3.63. The average molecular weight is 475 g/mol. The summed E-state index contributed by atoms with van der Waals surface area (Å²) in [6.07, 6.45) is -0.981. The predicted octanol–water partition coefficient (Wildman–Crippen LogP) is 5.03. The van der Waals surface area contributed by atoms with Gasteiger partial charge in [0.25, 0.3) is 0 Å².